The van der Waals surface area contributed by atoms with Gasteiger partial charge in [0.2, 0.25) is 0 Å². The molecule has 4 aromatic rings. The number of ether oxygens (including phenoxy) is 2. The molecule has 4 nitrogen and oxygen atoms in total. The van der Waals surface area contributed by atoms with Crippen LogP contribution in [0.4, 0.5) is 0 Å². The Morgan fingerprint density at radius 2 is 1.50 bits per heavy atom. The van der Waals surface area contributed by atoms with E-state index in [4.69, 9.17) is 14.5 Å². The van der Waals surface area contributed by atoms with Gasteiger partial charge in [-0.25, -0.2) is 4.98 Å². The zero-order valence-electron chi connectivity index (χ0n) is 18.1. The fourth-order valence-electron chi connectivity index (χ4n) is 3.52. The lowest BCUT2D eigenvalue weighted by Crippen LogP contribution is -2.11. The van der Waals surface area contributed by atoms with Crippen LogP contribution in [-0.4, -0.2) is 16.7 Å². The van der Waals surface area contributed by atoms with Gasteiger partial charge in [-0.1, -0.05) is 57.2 Å². The zero-order valence-corrected chi connectivity index (χ0v) is 18.1. The van der Waals surface area contributed by atoms with Crippen LogP contribution in [0.15, 0.2) is 72.8 Å². The van der Waals surface area contributed by atoms with Crippen molar-refractivity contribution in [2.24, 2.45) is 0 Å². The maximum Gasteiger partial charge on any atom is 0.148 e. The predicted octanol–water partition coefficient (Wildman–Crippen LogP) is 5.97. The molecule has 0 saturated carbocycles. The van der Waals surface area contributed by atoms with Gasteiger partial charge in [0.05, 0.1) is 18.1 Å². The van der Waals surface area contributed by atoms with Crippen molar-refractivity contribution in [3.8, 4) is 11.5 Å². The molecule has 0 spiro atoms. The summed E-state index contributed by atoms with van der Waals surface area (Å²) in [7, 11) is 1.68. The monoisotopic (exact) mass is 400 g/mol. The summed E-state index contributed by atoms with van der Waals surface area (Å²) in [4.78, 5) is 4.83. The number of methoxy groups -OCH3 is 1. The normalized spacial score (nSPS) is 11.6. The summed E-state index contributed by atoms with van der Waals surface area (Å²) in [5.74, 6) is 2.62. The Morgan fingerprint density at radius 3 is 2.17 bits per heavy atom. The van der Waals surface area contributed by atoms with Gasteiger partial charge in [0.1, 0.15) is 23.9 Å². The van der Waals surface area contributed by atoms with E-state index in [9.17, 15) is 0 Å². The van der Waals surface area contributed by atoms with Crippen LogP contribution in [0, 0.1) is 0 Å². The maximum absolute atomic E-state index is 6.10. The number of aromatic nitrogens is 2. The van der Waals surface area contributed by atoms with Crippen molar-refractivity contribution in [3.05, 3.63) is 89.7 Å². The molecular formula is C26H28N2O2. The van der Waals surface area contributed by atoms with Crippen molar-refractivity contribution in [1.82, 2.24) is 9.55 Å². The summed E-state index contributed by atoms with van der Waals surface area (Å²) in [5.41, 5.74) is 4.70. The summed E-state index contributed by atoms with van der Waals surface area (Å²) in [6.07, 6.45) is 0. The highest BCUT2D eigenvalue weighted by atomic mass is 16.5. The maximum atomic E-state index is 6.10. The number of rotatable bonds is 6. The fraction of sp³-hybridized carbons (Fsp3) is 0.269. The molecule has 0 aliphatic carbocycles. The van der Waals surface area contributed by atoms with E-state index < -0.39 is 0 Å². The van der Waals surface area contributed by atoms with Gasteiger partial charge < -0.3 is 14.0 Å². The summed E-state index contributed by atoms with van der Waals surface area (Å²) < 4.78 is 13.6. The highest BCUT2D eigenvalue weighted by Crippen LogP contribution is 2.25. The van der Waals surface area contributed by atoms with Gasteiger partial charge in [0, 0.05) is 6.54 Å². The molecule has 0 saturated heterocycles. The van der Waals surface area contributed by atoms with Crippen LogP contribution >= 0.6 is 0 Å². The minimum Gasteiger partial charge on any atom is -0.497 e. The van der Waals surface area contributed by atoms with E-state index in [0.29, 0.717) is 6.61 Å². The second kappa shape index (κ2) is 8.23. The van der Waals surface area contributed by atoms with E-state index in [1.807, 2.05) is 42.5 Å². The number of benzene rings is 3. The number of hydrogen-bond acceptors (Lipinski definition) is 3. The smallest absolute Gasteiger partial charge is 0.148 e. The highest BCUT2D eigenvalue weighted by Gasteiger charge is 2.14. The lowest BCUT2D eigenvalue weighted by Gasteiger charge is -2.19. The van der Waals surface area contributed by atoms with Gasteiger partial charge >= 0.3 is 0 Å². The highest BCUT2D eigenvalue weighted by molar-refractivity contribution is 5.76. The molecule has 30 heavy (non-hydrogen) atoms. The molecule has 1 aromatic heterocycles. The fourth-order valence-corrected chi connectivity index (χ4v) is 3.52. The van der Waals surface area contributed by atoms with Gasteiger partial charge in [-0.3, -0.25) is 0 Å². The van der Waals surface area contributed by atoms with Gasteiger partial charge in [-0.15, -0.1) is 0 Å². The first kappa shape index (κ1) is 20.0. The molecular weight excluding hydrogens is 372 g/mol. The van der Waals surface area contributed by atoms with E-state index in [1.165, 1.54) is 11.1 Å². The summed E-state index contributed by atoms with van der Waals surface area (Å²) in [6.45, 7) is 7.78. The number of fused-ring (bicyclic) bond motifs is 1. The summed E-state index contributed by atoms with van der Waals surface area (Å²) >= 11 is 0. The minimum absolute atomic E-state index is 0.130. The SMILES string of the molecule is COc1ccc(Cn2c(COc3ccc(C(C)(C)C)cc3)nc3ccccc32)cc1. The molecule has 0 fully saturated rings. The van der Waals surface area contributed by atoms with E-state index >= 15 is 0 Å². The van der Waals surface area contributed by atoms with Crippen LogP contribution in [0.1, 0.15) is 37.7 Å². The third-order valence-corrected chi connectivity index (χ3v) is 5.32. The molecule has 0 aliphatic rings. The largest absolute Gasteiger partial charge is 0.497 e. The lowest BCUT2D eigenvalue weighted by atomic mass is 9.87. The Kier molecular flexibility index (Phi) is 5.49. The number of hydrogen-bond donors (Lipinski definition) is 0. The molecule has 0 aliphatic heterocycles. The molecule has 0 radical (unpaired) electrons. The molecule has 154 valence electrons. The average Bonchev–Trinajstić information content (AvgIpc) is 3.10. The quantitative estimate of drug-likeness (QED) is 0.400. The zero-order chi connectivity index (χ0) is 21.1. The lowest BCUT2D eigenvalue weighted by molar-refractivity contribution is 0.291. The molecule has 3 aromatic carbocycles. The van der Waals surface area contributed by atoms with E-state index in [-0.39, 0.29) is 5.41 Å². The van der Waals surface area contributed by atoms with E-state index in [2.05, 4.69) is 55.7 Å². The van der Waals surface area contributed by atoms with Crippen molar-refractivity contribution in [1.29, 1.82) is 0 Å². The van der Waals surface area contributed by atoms with Gasteiger partial charge in [-0.05, 0) is 52.9 Å². The minimum atomic E-state index is 0.130. The molecule has 0 atom stereocenters. The molecule has 4 rings (SSSR count). The molecule has 0 unspecified atom stereocenters. The van der Waals surface area contributed by atoms with E-state index in [0.717, 1.165) is 34.9 Å². The predicted molar refractivity (Wildman–Crippen MR) is 121 cm³/mol. The first-order valence-corrected chi connectivity index (χ1v) is 10.2. The van der Waals surface area contributed by atoms with Crippen LogP contribution in [-0.2, 0) is 18.6 Å². The van der Waals surface area contributed by atoms with Gasteiger partial charge in [0.15, 0.2) is 0 Å². The van der Waals surface area contributed by atoms with Crippen molar-refractivity contribution in [3.63, 3.8) is 0 Å². The summed E-state index contributed by atoms with van der Waals surface area (Å²) in [5, 5.41) is 0. The second-order valence-electron chi connectivity index (χ2n) is 8.51. The second-order valence-corrected chi connectivity index (χ2v) is 8.51. The molecule has 0 N–H and O–H groups in total. The average molecular weight is 401 g/mol. The van der Waals surface area contributed by atoms with Crippen molar-refractivity contribution in [2.45, 2.75) is 39.3 Å². The van der Waals surface area contributed by atoms with E-state index in [1.54, 1.807) is 7.11 Å². The molecule has 4 heteroatoms. The Balaban J connectivity index is 1.58. The molecule has 0 amide bonds. The Morgan fingerprint density at radius 1 is 0.833 bits per heavy atom. The Labute approximate surface area is 178 Å². The standard InChI is InChI=1S/C26H28N2O2/c1-26(2,3)20-11-15-22(16-12-20)30-18-25-27-23-7-5-6-8-24(23)28(25)17-19-9-13-21(29-4)14-10-19/h5-16H,17-18H2,1-4H3. The number of imidazole rings is 1. The molecule has 0 bridgehead atoms. The summed E-state index contributed by atoms with van der Waals surface area (Å²) in [6, 6.07) is 24.7. The van der Waals surface area contributed by atoms with Crippen LogP contribution in [0.2, 0.25) is 0 Å². The first-order chi connectivity index (χ1) is 14.4. The van der Waals surface area contributed by atoms with Crippen molar-refractivity contribution >= 4 is 11.0 Å². The van der Waals surface area contributed by atoms with Gasteiger partial charge in [0.25, 0.3) is 0 Å². The van der Waals surface area contributed by atoms with Crippen LogP contribution in [0.25, 0.3) is 11.0 Å². The van der Waals surface area contributed by atoms with Crippen molar-refractivity contribution in [2.75, 3.05) is 7.11 Å². The number of nitrogens with zero attached hydrogens (tertiary/aromatic N) is 2. The van der Waals surface area contributed by atoms with Crippen molar-refractivity contribution < 1.29 is 9.47 Å². The van der Waals surface area contributed by atoms with Crippen LogP contribution in [0.3, 0.4) is 0 Å². The molecule has 1 heterocycles. The first-order valence-electron chi connectivity index (χ1n) is 10.2. The topological polar surface area (TPSA) is 36.3 Å². The third-order valence-electron chi connectivity index (χ3n) is 5.32. The number of para-hydroxylation sites is 2. The Bertz CT molecular complexity index is 1120. The van der Waals surface area contributed by atoms with Crippen LogP contribution < -0.4 is 9.47 Å². The van der Waals surface area contributed by atoms with Crippen LogP contribution in [0.5, 0.6) is 11.5 Å². The third kappa shape index (κ3) is 4.33. The van der Waals surface area contributed by atoms with Gasteiger partial charge in [-0.2, -0.15) is 0 Å². The Hall–Kier alpha value is -3.27.